The Labute approximate surface area is 189 Å². The predicted molar refractivity (Wildman–Crippen MR) is 130 cm³/mol. The van der Waals surface area contributed by atoms with Crippen LogP contribution in [0, 0.1) is 19.7 Å². The summed E-state index contributed by atoms with van der Waals surface area (Å²) in [5.41, 5.74) is 8.54. The Morgan fingerprint density at radius 3 is 2.56 bits per heavy atom. The number of amides is 1. The standard InChI is InChI=1S/C26H26FN3O.CH4/c1-15-23(29-16(2)24(15)17-9-11-28-12-10-17)14-21-25-20(18-5-3-6-19(27)13-18)7-4-8-22(25)30-26(21)31;/h3-8,13-14,17,28-29H,9-12H2,1-2H3,(H,30,31);1H4/b21-14-;. The third-order valence-corrected chi connectivity index (χ3v) is 6.53. The molecular formula is C27H30FN3O. The summed E-state index contributed by atoms with van der Waals surface area (Å²) in [5, 5.41) is 6.40. The van der Waals surface area contributed by atoms with E-state index >= 15 is 0 Å². The van der Waals surface area contributed by atoms with Crippen molar-refractivity contribution in [2.45, 2.75) is 40.0 Å². The van der Waals surface area contributed by atoms with Crippen molar-refractivity contribution < 1.29 is 9.18 Å². The van der Waals surface area contributed by atoms with Crippen molar-refractivity contribution in [2.24, 2.45) is 0 Å². The molecule has 0 unspecified atom stereocenters. The molecule has 0 aliphatic carbocycles. The summed E-state index contributed by atoms with van der Waals surface area (Å²) in [6.07, 6.45) is 4.21. The van der Waals surface area contributed by atoms with Crippen LogP contribution >= 0.6 is 0 Å². The number of benzene rings is 2. The Bertz CT molecular complexity index is 1200. The molecule has 1 aromatic heterocycles. The number of nitrogens with one attached hydrogen (secondary N) is 3. The molecule has 0 saturated carbocycles. The van der Waals surface area contributed by atoms with Gasteiger partial charge in [-0.05, 0) is 92.2 Å². The smallest absolute Gasteiger partial charge is 0.256 e. The van der Waals surface area contributed by atoms with Gasteiger partial charge in [0, 0.05) is 22.6 Å². The minimum atomic E-state index is -0.291. The molecule has 0 bridgehead atoms. The predicted octanol–water partition coefficient (Wildman–Crippen LogP) is 6.03. The molecule has 166 valence electrons. The van der Waals surface area contributed by atoms with Crippen LogP contribution in [0.15, 0.2) is 42.5 Å². The lowest BCUT2D eigenvalue weighted by Crippen LogP contribution is -2.27. The molecule has 0 radical (unpaired) electrons. The van der Waals surface area contributed by atoms with Gasteiger partial charge in [-0.2, -0.15) is 0 Å². The third kappa shape index (κ3) is 3.78. The highest BCUT2D eigenvalue weighted by molar-refractivity contribution is 6.36. The molecule has 5 rings (SSSR count). The van der Waals surface area contributed by atoms with E-state index in [-0.39, 0.29) is 19.2 Å². The first kappa shape index (κ1) is 22.0. The SMILES string of the molecule is C.Cc1[nH]c(/C=C2\C(=O)Nc3cccc(-c4cccc(F)c4)c32)c(C)c1C1CCNCC1. The van der Waals surface area contributed by atoms with Gasteiger partial charge in [-0.25, -0.2) is 4.39 Å². The Hall–Kier alpha value is -3.18. The molecule has 3 heterocycles. The molecule has 5 heteroatoms. The second kappa shape index (κ2) is 8.75. The number of carbonyl (C=O) groups excluding carboxylic acids is 1. The van der Waals surface area contributed by atoms with E-state index in [0.29, 0.717) is 11.5 Å². The molecule has 1 fully saturated rings. The van der Waals surface area contributed by atoms with E-state index in [9.17, 15) is 9.18 Å². The number of piperidine rings is 1. The summed E-state index contributed by atoms with van der Waals surface area (Å²) in [6, 6.07) is 12.2. The number of anilines is 1. The first-order valence-corrected chi connectivity index (χ1v) is 10.8. The van der Waals surface area contributed by atoms with Crippen LogP contribution in [0.4, 0.5) is 10.1 Å². The van der Waals surface area contributed by atoms with Gasteiger partial charge in [0.05, 0.1) is 5.57 Å². The highest BCUT2D eigenvalue weighted by atomic mass is 19.1. The average Bonchev–Trinajstić information content (AvgIpc) is 3.24. The lowest BCUT2D eigenvalue weighted by atomic mass is 9.87. The molecule has 1 saturated heterocycles. The molecule has 2 aliphatic rings. The van der Waals surface area contributed by atoms with Crippen LogP contribution in [0.3, 0.4) is 0 Å². The van der Waals surface area contributed by atoms with Crippen molar-refractivity contribution in [1.29, 1.82) is 0 Å². The normalized spacial score (nSPS) is 17.2. The van der Waals surface area contributed by atoms with Gasteiger partial charge in [0.15, 0.2) is 0 Å². The van der Waals surface area contributed by atoms with Crippen molar-refractivity contribution in [3.63, 3.8) is 0 Å². The zero-order valence-corrected chi connectivity index (χ0v) is 17.8. The zero-order chi connectivity index (χ0) is 21.5. The van der Waals surface area contributed by atoms with E-state index in [1.54, 1.807) is 6.07 Å². The van der Waals surface area contributed by atoms with Gasteiger partial charge in [0.1, 0.15) is 5.82 Å². The number of H-pyrrole nitrogens is 1. The molecular weight excluding hydrogens is 401 g/mol. The van der Waals surface area contributed by atoms with Crippen LogP contribution in [0.2, 0.25) is 0 Å². The van der Waals surface area contributed by atoms with Crippen LogP contribution in [-0.4, -0.2) is 24.0 Å². The van der Waals surface area contributed by atoms with E-state index in [0.717, 1.165) is 54.0 Å². The molecule has 0 spiro atoms. The number of fused-ring (bicyclic) bond motifs is 1. The molecule has 3 aromatic rings. The second-order valence-corrected chi connectivity index (χ2v) is 8.48. The first-order valence-electron chi connectivity index (χ1n) is 10.8. The Balaban J connectivity index is 0.00000245. The lowest BCUT2D eigenvalue weighted by Gasteiger charge is -2.23. The molecule has 0 atom stereocenters. The summed E-state index contributed by atoms with van der Waals surface area (Å²) < 4.78 is 13.9. The maximum Gasteiger partial charge on any atom is 0.256 e. The van der Waals surface area contributed by atoms with Crippen LogP contribution < -0.4 is 10.6 Å². The fraction of sp³-hybridized carbons (Fsp3) is 0.296. The number of rotatable bonds is 3. The summed E-state index contributed by atoms with van der Waals surface area (Å²) in [4.78, 5) is 16.4. The largest absolute Gasteiger partial charge is 0.359 e. The van der Waals surface area contributed by atoms with Crippen molar-refractivity contribution in [3.8, 4) is 11.1 Å². The van der Waals surface area contributed by atoms with E-state index in [4.69, 9.17) is 0 Å². The van der Waals surface area contributed by atoms with E-state index < -0.39 is 0 Å². The maximum absolute atomic E-state index is 13.9. The molecule has 2 aromatic carbocycles. The van der Waals surface area contributed by atoms with E-state index in [1.807, 2.05) is 30.3 Å². The number of aromatic amines is 1. The van der Waals surface area contributed by atoms with Crippen molar-refractivity contribution in [3.05, 3.63) is 76.4 Å². The highest BCUT2D eigenvalue weighted by Gasteiger charge is 2.29. The number of hydrogen-bond acceptors (Lipinski definition) is 2. The number of aromatic nitrogens is 1. The number of aryl methyl sites for hydroxylation is 1. The van der Waals surface area contributed by atoms with Gasteiger partial charge < -0.3 is 15.6 Å². The van der Waals surface area contributed by atoms with Gasteiger partial charge in [-0.1, -0.05) is 31.7 Å². The number of halogens is 1. The Kier molecular flexibility index (Phi) is 6.02. The third-order valence-electron chi connectivity index (χ3n) is 6.53. The van der Waals surface area contributed by atoms with Crippen molar-refractivity contribution in [1.82, 2.24) is 10.3 Å². The zero-order valence-electron chi connectivity index (χ0n) is 17.8. The maximum atomic E-state index is 13.9. The highest BCUT2D eigenvalue weighted by Crippen LogP contribution is 2.41. The minimum absolute atomic E-state index is 0. The van der Waals surface area contributed by atoms with Gasteiger partial charge >= 0.3 is 0 Å². The monoisotopic (exact) mass is 431 g/mol. The number of hydrogen-bond donors (Lipinski definition) is 3. The molecule has 2 aliphatic heterocycles. The van der Waals surface area contributed by atoms with Crippen LogP contribution in [0.25, 0.3) is 22.8 Å². The molecule has 4 nitrogen and oxygen atoms in total. The first-order chi connectivity index (χ1) is 15.0. The minimum Gasteiger partial charge on any atom is -0.359 e. The quantitative estimate of drug-likeness (QED) is 0.443. The topological polar surface area (TPSA) is 56.9 Å². The summed E-state index contributed by atoms with van der Waals surface area (Å²) >= 11 is 0. The van der Waals surface area contributed by atoms with Gasteiger partial charge in [-0.3, -0.25) is 4.79 Å². The molecule has 32 heavy (non-hydrogen) atoms. The van der Waals surface area contributed by atoms with E-state index in [2.05, 4.69) is 29.5 Å². The average molecular weight is 432 g/mol. The second-order valence-electron chi connectivity index (χ2n) is 8.48. The van der Waals surface area contributed by atoms with Crippen LogP contribution in [0.1, 0.15) is 54.3 Å². The van der Waals surface area contributed by atoms with Gasteiger partial charge in [-0.15, -0.1) is 0 Å². The summed E-state index contributed by atoms with van der Waals surface area (Å²) in [7, 11) is 0. The van der Waals surface area contributed by atoms with Gasteiger partial charge in [0.25, 0.3) is 5.91 Å². The van der Waals surface area contributed by atoms with Crippen molar-refractivity contribution in [2.75, 3.05) is 18.4 Å². The fourth-order valence-electron chi connectivity index (χ4n) is 5.09. The lowest BCUT2D eigenvalue weighted by molar-refractivity contribution is -0.110. The number of carbonyl (C=O) groups is 1. The Morgan fingerprint density at radius 1 is 1.06 bits per heavy atom. The summed E-state index contributed by atoms with van der Waals surface area (Å²) in [6.45, 7) is 6.34. The fourth-order valence-corrected chi connectivity index (χ4v) is 5.09. The Morgan fingerprint density at radius 2 is 1.81 bits per heavy atom. The van der Waals surface area contributed by atoms with E-state index in [1.165, 1.54) is 29.0 Å². The van der Waals surface area contributed by atoms with Gasteiger partial charge in [0.2, 0.25) is 0 Å². The summed E-state index contributed by atoms with van der Waals surface area (Å²) in [5.74, 6) is 0.117. The van der Waals surface area contributed by atoms with Crippen LogP contribution in [-0.2, 0) is 4.79 Å². The molecule has 3 N–H and O–H groups in total. The van der Waals surface area contributed by atoms with Crippen molar-refractivity contribution >= 4 is 23.2 Å². The van der Waals surface area contributed by atoms with Crippen LogP contribution in [0.5, 0.6) is 0 Å². The molecule has 1 amide bonds.